The minimum atomic E-state index is 0.630. The molecule has 0 saturated heterocycles. The van der Waals surface area contributed by atoms with Crippen LogP contribution in [0.4, 0.5) is 0 Å². The molecule has 4 aliphatic rings. The topological polar surface area (TPSA) is 0 Å². The highest BCUT2D eigenvalue weighted by Crippen LogP contribution is 2.62. The zero-order valence-corrected chi connectivity index (χ0v) is 13.1. The minimum absolute atomic E-state index is 0.630. The van der Waals surface area contributed by atoms with Crippen molar-refractivity contribution in [2.24, 2.45) is 23.2 Å². The van der Waals surface area contributed by atoms with Gasteiger partial charge in [0.05, 0.1) is 0 Å². The van der Waals surface area contributed by atoms with Crippen molar-refractivity contribution >= 4 is 15.9 Å². The van der Waals surface area contributed by atoms with Crippen molar-refractivity contribution in [3.63, 3.8) is 0 Å². The Morgan fingerprint density at radius 2 is 1.47 bits per heavy atom. The molecule has 1 aromatic rings. The fourth-order valence-electron chi connectivity index (χ4n) is 5.60. The van der Waals surface area contributed by atoms with Gasteiger partial charge in [-0.15, -0.1) is 0 Å². The number of halogens is 1. The molecule has 19 heavy (non-hydrogen) atoms. The summed E-state index contributed by atoms with van der Waals surface area (Å²) in [5, 5.41) is 0. The maximum atomic E-state index is 4.10. The van der Waals surface area contributed by atoms with Gasteiger partial charge >= 0.3 is 0 Å². The lowest BCUT2D eigenvalue weighted by molar-refractivity contribution is -0.0522. The molecule has 1 atom stereocenters. The summed E-state index contributed by atoms with van der Waals surface area (Å²) in [6.45, 7) is 0. The van der Waals surface area contributed by atoms with Gasteiger partial charge in [0.2, 0.25) is 0 Å². The Kier molecular flexibility index (Phi) is 3.02. The Hall–Kier alpha value is -0.300. The quantitative estimate of drug-likeness (QED) is 0.671. The molecule has 102 valence electrons. The molecular formula is C18H23Br. The van der Waals surface area contributed by atoms with E-state index in [-0.39, 0.29) is 0 Å². The molecule has 0 N–H and O–H groups in total. The van der Waals surface area contributed by atoms with Gasteiger partial charge in [-0.3, -0.25) is 0 Å². The summed E-state index contributed by atoms with van der Waals surface area (Å²) in [7, 11) is 0. The predicted octanol–water partition coefficient (Wildman–Crippen LogP) is 5.21. The lowest BCUT2D eigenvalue weighted by Crippen LogP contribution is -2.50. The monoisotopic (exact) mass is 318 g/mol. The largest absolute Gasteiger partial charge is 0.0881 e. The van der Waals surface area contributed by atoms with E-state index < -0.39 is 0 Å². The number of hydrogen-bond acceptors (Lipinski definition) is 0. The van der Waals surface area contributed by atoms with E-state index in [9.17, 15) is 0 Å². The van der Waals surface area contributed by atoms with Gasteiger partial charge in [0.1, 0.15) is 0 Å². The first-order valence-electron chi connectivity index (χ1n) is 7.91. The van der Waals surface area contributed by atoms with E-state index in [2.05, 4.69) is 46.3 Å². The van der Waals surface area contributed by atoms with E-state index in [4.69, 9.17) is 0 Å². The Balaban J connectivity index is 1.55. The van der Waals surface area contributed by atoms with Crippen molar-refractivity contribution in [1.82, 2.24) is 0 Å². The molecule has 4 fully saturated rings. The molecule has 0 amide bonds. The van der Waals surface area contributed by atoms with Crippen LogP contribution in [0.2, 0.25) is 0 Å². The van der Waals surface area contributed by atoms with E-state index in [1.165, 1.54) is 31.2 Å². The van der Waals surface area contributed by atoms with Crippen molar-refractivity contribution in [1.29, 1.82) is 0 Å². The summed E-state index contributed by atoms with van der Waals surface area (Å²) >= 11 is 4.10. The predicted molar refractivity (Wildman–Crippen MR) is 83.5 cm³/mol. The molecule has 1 unspecified atom stereocenters. The molecule has 1 heteroatoms. The summed E-state index contributed by atoms with van der Waals surface area (Å²) in [5.74, 6) is 3.17. The standard InChI is InChI=1S/C18H23Br/c19-17(9-13-4-2-1-3-5-13)18-10-14-6-15(11-18)8-16(7-14)12-18/h1-5,14-17H,6-12H2. The Morgan fingerprint density at radius 3 is 2.00 bits per heavy atom. The van der Waals surface area contributed by atoms with E-state index >= 15 is 0 Å². The van der Waals surface area contributed by atoms with E-state index in [0.29, 0.717) is 10.2 Å². The molecule has 0 aliphatic heterocycles. The van der Waals surface area contributed by atoms with Crippen LogP contribution in [-0.4, -0.2) is 4.83 Å². The normalized spacial score (nSPS) is 41.4. The van der Waals surface area contributed by atoms with E-state index in [1.54, 1.807) is 19.3 Å². The summed E-state index contributed by atoms with van der Waals surface area (Å²) < 4.78 is 0. The first kappa shape index (κ1) is 12.4. The van der Waals surface area contributed by atoms with Gasteiger partial charge in [0, 0.05) is 4.83 Å². The number of alkyl halides is 1. The summed E-state index contributed by atoms with van der Waals surface area (Å²) in [6, 6.07) is 11.0. The first-order chi connectivity index (χ1) is 9.23. The van der Waals surface area contributed by atoms with Gasteiger partial charge in [0.15, 0.2) is 0 Å². The number of hydrogen-bond donors (Lipinski definition) is 0. The fraction of sp³-hybridized carbons (Fsp3) is 0.667. The Bertz CT molecular complexity index is 415. The summed E-state index contributed by atoms with van der Waals surface area (Å²) in [6.07, 6.45) is 10.4. The minimum Gasteiger partial charge on any atom is -0.0881 e. The zero-order chi connectivity index (χ0) is 12.9. The SMILES string of the molecule is BrC(Cc1ccccc1)C12CC3CC(CC(C3)C1)C2. The molecule has 1 aromatic carbocycles. The third-order valence-corrected chi connectivity index (χ3v) is 7.30. The van der Waals surface area contributed by atoms with Gasteiger partial charge in [-0.25, -0.2) is 0 Å². The molecule has 0 radical (unpaired) electrons. The van der Waals surface area contributed by atoms with Gasteiger partial charge in [-0.1, -0.05) is 46.3 Å². The lowest BCUT2D eigenvalue weighted by atomic mass is 9.48. The second-order valence-corrected chi connectivity index (χ2v) is 8.54. The van der Waals surface area contributed by atoms with Crippen LogP contribution in [0.25, 0.3) is 0 Å². The molecule has 0 nitrogen and oxygen atoms in total. The van der Waals surface area contributed by atoms with Crippen molar-refractivity contribution < 1.29 is 0 Å². The van der Waals surface area contributed by atoms with Gasteiger partial charge < -0.3 is 0 Å². The van der Waals surface area contributed by atoms with Gasteiger partial charge in [-0.2, -0.15) is 0 Å². The average molecular weight is 319 g/mol. The lowest BCUT2D eigenvalue weighted by Gasteiger charge is -2.58. The van der Waals surface area contributed by atoms with E-state index in [1.807, 2.05) is 0 Å². The zero-order valence-electron chi connectivity index (χ0n) is 11.5. The smallest absolute Gasteiger partial charge is 0.0242 e. The van der Waals surface area contributed by atoms with Gasteiger partial charge in [-0.05, 0) is 73.7 Å². The van der Waals surface area contributed by atoms with Crippen molar-refractivity contribution in [3.8, 4) is 0 Å². The van der Waals surface area contributed by atoms with Crippen molar-refractivity contribution in [2.75, 3.05) is 0 Å². The van der Waals surface area contributed by atoms with Crippen LogP contribution in [0.5, 0.6) is 0 Å². The van der Waals surface area contributed by atoms with Crippen LogP contribution in [0.15, 0.2) is 30.3 Å². The van der Waals surface area contributed by atoms with Crippen LogP contribution in [0, 0.1) is 23.2 Å². The van der Waals surface area contributed by atoms with Crippen LogP contribution >= 0.6 is 15.9 Å². The van der Waals surface area contributed by atoms with Crippen molar-refractivity contribution in [2.45, 2.75) is 49.8 Å². The third-order valence-electron chi connectivity index (χ3n) is 6.01. The average Bonchev–Trinajstić information content (AvgIpc) is 2.38. The molecular weight excluding hydrogens is 296 g/mol. The summed E-state index contributed by atoms with van der Waals surface area (Å²) in [4.78, 5) is 0.691. The maximum Gasteiger partial charge on any atom is 0.0242 e. The van der Waals surface area contributed by atoms with Crippen molar-refractivity contribution in [3.05, 3.63) is 35.9 Å². The fourth-order valence-corrected chi connectivity index (χ4v) is 6.53. The second-order valence-electron chi connectivity index (χ2n) is 7.44. The molecule has 4 aliphatic carbocycles. The van der Waals surface area contributed by atoms with Crippen LogP contribution in [0.1, 0.15) is 44.1 Å². The third kappa shape index (κ3) is 2.18. The van der Waals surface area contributed by atoms with Gasteiger partial charge in [0.25, 0.3) is 0 Å². The Labute approximate surface area is 125 Å². The molecule has 4 saturated carbocycles. The summed E-state index contributed by atoms with van der Waals surface area (Å²) in [5.41, 5.74) is 2.13. The maximum absolute atomic E-state index is 4.10. The Morgan fingerprint density at radius 1 is 0.947 bits per heavy atom. The molecule has 5 rings (SSSR count). The van der Waals surface area contributed by atoms with E-state index in [0.717, 1.165) is 17.8 Å². The molecule has 4 bridgehead atoms. The van der Waals surface area contributed by atoms with Crippen LogP contribution in [-0.2, 0) is 6.42 Å². The highest BCUT2D eigenvalue weighted by molar-refractivity contribution is 9.09. The number of benzene rings is 1. The molecule has 0 spiro atoms. The highest BCUT2D eigenvalue weighted by Gasteiger charge is 2.53. The van der Waals surface area contributed by atoms with Crippen LogP contribution in [0.3, 0.4) is 0 Å². The molecule has 0 heterocycles. The number of rotatable bonds is 3. The van der Waals surface area contributed by atoms with Crippen LogP contribution < -0.4 is 0 Å². The second kappa shape index (κ2) is 4.62. The highest BCUT2D eigenvalue weighted by atomic mass is 79.9. The first-order valence-corrected chi connectivity index (χ1v) is 8.83. The molecule has 0 aromatic heterocycles.